The van der Waals surface area contributed by atoms with Gasteiger partial charge in [0.1, 0.15) is 5.54 Å². The predicted octanol–water partition coefficient (Wildman–Crippen LogP) is 7.88. The van der Waals surface area contributed by atoms with Crippen LogP contribution < -0.4 is 20.9 Å². The number of alkyl halides is 3. The van der Waals surface area contributed by atoms with Crippen LogP contribution in [0.15, 0.2) is 90.1 Å². The number of anilines is 3. The van der Waals surface area contributed by atoms with Gasteiger partial charge in [-0.25, -0.2) is 9.69 Å². The normalized spacial score (nSPS) is 18.1. The molecule has 46 heavy (non-hydrogen) atoms. The molecule has 0 aliphatic carbocycles. The number of thioether (sulfide) groups is 1. The third kappa shape index (κ3) is 5.36. The van der Waals surface area contributed by atoms with Gasteiger partial charge in [0.25, 0.3) is 5.91 Å². The maximum atomic E-state index is 14.9. The van der Waals surface area contributed by atoms with E-state index in [-0.39, 0.29) is 22.3 Å². The van der Waals surface area contributed by atoms with E-state index in [1.807, 2.05) is 76.5 Å². The zero-order valence-corrected chi connectivity index (χ0v) is 26.3. The van der Waals surface area contributed by atoms with Crippen LogP contribution in [0.1, 0.15) is 36.8 Å². The van der Waals surface area contributed by atoms with Gasteiger partial charge in [-0.1, -0.05) is 13.8 Å². The van der Waals surface area contributed by atoms with E-state index in [0.29, 0.717) is 0 Å². The van der Waals surface area contributed by atoms with Crippen LogP contribution in [0.4, 0.5) is 35.0 Å². The Morgan fingerprint density at radius 2 is 1.28 bits per heavy atom. The quantitative estimate of drug-likeness (QED) is 0.117. The van der Waals surface area contributed by atoms with Gasteiger partial charge in [0.05, 0.1) is 16.7 Å². The first-order chi connectivity index (χ1) is 22.0. The van der Waals surface area contributed by atoms with Gasteiger partial charge in [-0.05, 0) is 95.7 Å². The van der Waals surface area contributed by atoms with Gasteiger partial charge in [-0.15, -0.1) is 0 Å². The Bertz CT molecular complexity index is 1870. The third-order valence-electron chi connectivity index (χ3n) is 8.83. The molecule has 12 heteroatoms. The second-order valence-corrected chi connectivity index (χ2v) is 12.3. The number of imide groups is 1. The Labute approximate surface area is 267 Å². The lowest BCUT2D eigenvalue weighted by Gasteiger charge is -2.39. The number of benzene rings is 3. The first-order valence-electron chi connectivity index (χ1n) is 14.6. The monoisotopic (exact) mass is 644 g/mol. The molecule has 3 N–H and O–H groups in total. The lowest BCUT2D eigenvalue weighted by atomic mass is 9.68. The van der Waals surface area contributed by atoms with Crippen LogP contribution in [0.25, 0.3) is 21.8 Å². The van der Waals surface area contributed by atoms with Crippen molar-refractivity contribution in [3.05, 3.63) is 96.3 Å². The Balaban J connectivity index is 1.53. The number of carbonyl (C=O) groups is 2. The number of nitrogens with zero attached hydrogens (tertiary/aromatic N) is 3. The molecule has 1 saturated heterocycles. The first kappa shape index (κ1) is 31.2. The molecule has 1 fully saturated rings. The summed E-state index contributed by atoms with van der Waals surface area (Å²) in [4.78, 5) is 38.8. The zero-order valence-electron chi connectivity index (χ0n) is 25.4. The van der Waals surface area contributed by atoms with Crippen LogP contribution in [0.3, 0.4) is 0 Å². The summed E-state index contributed by atoms with van der Waals surface area (Å²) in [6.07, 6.45) is 3.37. The van der Waals surface area contributed by atoms with Crippen molar-refractivity contribution in [3.63, 3.8) is 0 Å². The van der Waals surface area contributed by atoms with Gasteiger partial charge in [0.15, 0.2) is 0 Å². The SMILES string of the molecule is CNc1ccc2nccc(C(C)C3(C(C)c4ccnc5ccc(NC)cc45)NC(=O)N(c4ccc(SC(F)(F)F)cc4)C3=O)c2c1. The lowest BCUT2D eigenvalue weighted by molar-refractivity contribution is -0.123. The van der Waals surface area contributed by atoms with Crippen LogP contribution in [-0.2, 0) is 4.79 Å². The molecule has 8 nitrogen and oxygen atoms in total. The van der Waals surface area contributed by atoms with Crippen molar-refractivity contribution < 1.29 is 22.8 Å². The summed E-state index contributed by atoms with van der Waals surface area (Å²) in [7, 11) is 3.63. The minimum atomic E-state index is -4.47. The number of hydrogen-bond acceptors (Lipinski definition) is 7. The molecule has 2 atom stereocenters. The molecule has 5 aromatic rings. The van der Waals surface area contributed by atoms with E-state index in [0.717, 1.165) is 49.2 Å². The average Bonchev–Trinajstić information content (AvgIpc) is 3.32. The molecular formula is C34H31F3N6O2S. The Hall–Kier alpha value is -4.84. The molecule has 236 valence electrons. The lowest BCUT2D eigenvalue weighted by Crippen LogP contribution is -2.55. The summed E-state index contributed by atoms with van der Waals surface area (Å²) in [5, 5.41) is 11.0. The minimum absolute atomic E-state index is 0.0523. The summed E-state index contributed by atoms with van der Waals surface area (Å²) >= 11 is -0.260. The second-order valence-electron chi connectivity index (χ2n) is 11.2. The van der Waals surface area contributed by atoms with Gasteiger partial charge >= 0.3 is 11.5 Å². The molecule has 0 saturated carbocycles. The maximum absolute atomic E-state index is 14.9. The van der Waals surface area contributed by atoms with Crippen LogP contribution in [0.5, 0.6) is 0 Å². The number of amides is 3. The smallest absolute Gasteiger partial charge is 0.388 e. The third-order valence-corrected chi connectivity index (χ3v) is 9.57. The van der Waals surface area contributed by atoms with E-state index >= 15 is 0 Å². The molecule has 3 heterocycles. The first-order valence-corrected chi connectivity index (χ1v) is 15.4. The van der Waals surface area contributed by atoms with Crippen LogP contribution in [0.2, 0.25) is 0 Å². The van der Waals surface area contributed by atoms with Crippen molar-refractivity contribution in [1.82, 2.24) is 15.3 Å². The topological polar surface area (TPSA) is 99.2 Å². The molecule has 0 radical (unpaired) electrons. The molecule has 1 aliphatic rings. The van der Waals surface area contributed by atoms with E-state index in [9.17, 15) is 22.8 Å². The highest BCUT2D eigenvalue weighted by Crippen LogP contribution is 2.48. The van der Waals surface area contributed by atoms with Crippen molar-refractivity contribution in [1.29, 1.82) is 0 Å². The number of fused-ring (bicyclic) bond motifs is 2. The summed E-state index contributed by atoms with van der Waals surface area (Å²) in [6.45, 7) is 3.81. The number of nitrogens with one attached hydrogen (secondary N) is 3. The van der Waals surface area contributed by atoms with Gasteiger partial charge in [0.2, 0.25) is 0 Å². The Kier molecular flexibility index (Phi) is 8.01. The molecule has 1 aliphatic heterocycles. The van der Waals surface area contributed by atoms with Crippen LogP contribution >= 0.6 is 11.8 Å². The standard InChI is InChI=1S/C34H31F3N6O2S/c1-19(25-13-15-40-29-11-5-21(38-3)17-27(25)29)33(20(2)26-14-16-41-30-12-6-22(39-4)18-28(26)30)31(44)43(32(45)42-33)23-7-9-24(10-8-23)46-34(35,36)37/h5-20,38-39H,1-4H3,(H,42,45). The number of aromatic nitrogens is 2. The average molecular weight is 645 g/mol. The van der Waals surface area contributed by atoms with Gasteiger partial charge in [-0.2, -0.15) is 13.2 Å². The fraction of sp³-hybridized carbons (Fsp3) is 0.235. The summed E-state index contributed by atoms with van der Waals surface area (Å²) in [6, 6.07) is 19.8. The van der Waals surface area contributed by atoms with Gasteiger partial charge in [-0.3, -0.25) is 14.8 Å². The van der Waals surface area contributed by atoms with Gasteiger partial charge < -0.3 is 16.0 Å². The summed E-state index contributed by atoms with van der Waals surface area (Å²) in [5.41, 5.74) is -1.04. The highest BCUT2D eigenvalue weighted by atomic mass is 32.2. The fourth-order valence-electron chi connectivity index (χ4n) is 6.45. The molecule has 0 bridgehead atoms. The molecule has 3 amide bonds. The highest BCUT2D eigenvalue weighted by molar-refractivity contribution is 8.00. The van der Waals surface area contributed by atoms with E-state index in [2.05, 4.69) is 25.9 Å². The number of pyridine rings is 2. The molecule has 0 spiro atoms. The predicted molar refractivity (Wildman–Crippen MR) is 177 cm³/mol. The minimum Gasteiger partial charge on any atom is -0.388 e. The molecule has 3 aromatic carbocycles. The van der Waals surface area contributed by atoms with Gasteiger partial charge in [0, 0.05) is 65.4 Å². The Morgan fingerprint density at radius 1 is 0.783 bits per heavy atom. The Morgan fingerprint density at radius 3 is 1.74 bits per heavy atom. The number of halogens is 3. The number of rotatable bonds is 8. The summed E-state index contributed by atoms with van der Waals surface area (Å²) in [5.74, 6) is -1.69. The zero-order chi connectivity index (χ0) is 32.8. The molecule has 2 aromatic heterocycles. The van der Waals surface area contributed by atoms with E-state index in [1.54, 1.807) is 12.4 Å². The molecular weight excluding hydrogens is 613 g/mol. The van der Waals surface area contributed by atoms with Crippen molar-refractivity contribution >= 4 is 62.6 Å². The van der Waals surface area contributed by atoms with Crippen molar-refractivity contribution in [3.8, 4) is 0 Å². The number of carbonyl (C=O) groups excluding carboxylic acids is 2. The second kappa shape index (κ2) is 11.8. The van der Waals surface area contributed by atoms with Crippen LogP contribution in [-0.4, -0.2) is 47.0 Å². The fourth-order valence-corrected chi connectivity index (χ4v) is 6.99. The van der Waals surface area contributed by atoms with E-state index < -0.39 is 34.8 Å². The molecule has 2 unspecified atom stereocenters. The van der Waals surface area contributed by atoms with Crippen molar-refractivity contribution in [2.75, 3.05) is 29.6 Å². The number of hydrogen-bond donors (Lipinski definition) is 3. The number of urea groups is 1. The molecule has 6 rings (SSSR count). The summed E-state index contributed by atoms with van der Waals surface area (Å²) < 4.78 is 39.0. The van der Waals surface area contributed by atoms with E-state index in [4.69, 9.17) is 0 Å². The van der Waals surface area contributed by atoms with Crippen molar-refractivity contribution in [2.45, 2.75) is 41.6 Å². The van der Waals surface area contributed by atoms with Crippen molar-refractivity contribution in [2.24, 2.45) is 0 Å². The van der Waals surface area contributed by atoms with E-state index in [1.165, 1.54) is 24.3 Å². The largest absolute Gasteiger partial charge is 0.446 e. The maximum Gasteiger partial charge on any atom is 0.446 e. The highest BCUT2D eigenvalue weighted by Gasteiger charge is 2.59. The van der Waals surface area contributed by atoms with Crippen LogP contribution in [0, 0.1) is 0 Å².